The molecule has 0 radical (unpaired) electrons. The number of nitriles is 2. The third kappa shape index (κ3) is 5.28. The first kappa shape index (κ1) is 25.4. The first-order chi connectivity index (χ1) is 16.1. The minimum Gasteiger partial charge on any atom is -0.289 e. The molecule has 0 bridgehead atoms. The SMILES string of the molecule is CC(C)(CCCCC#N)c1ccc2c(c1)C(=O)c1ccc(C(C)(C)CCCCC#N)cc1C2=O. The molecule has 0 saturated heterocycles. The molecule has 4 nitrogen and oxygen atoms in total. The van der Waals surface area contributed by atoms with Crippen LogP contribution in [0.4, 0.5) is 0 Å². The van der Waals surface area contributed by atoms with Crippen molar-refractivity contribution in [1.82, 2.24) is 0 Å². The second kappa shape index (κ2) is 10.4. The standard InChI is InChI=1S/C30H34N2O2/c1-29(2,15-7-5-9-17-31)21-11-13-23-25(19-21)27(33)24-14-12-22(20-26(24)28(23)34)30(3,4)16-8-6-10-18-32/h11-14,19-20H,5-10,15-16H2,1-4H3. The van der Waals surface area contributed by atoms with Crippen LogP contribution < -0.4 is 0 Å². The van der Waals surface area contributed by atoms with Crippen molar-refractivity contribution in [2.24, 2.45) is 0 Å². The molecule has 1 aliphatic rings. The number of hydrogen-bond acceptors (Lipinski definition) is 4. The summed E-state index contributed by atoms with van der Waals surface area (Å²) in [5, 5.41) is 17.5. The van der Waals surface area contributed by atoms with Gasteiger partial charge in [-0.15, -0.1) is 0 Å². The fraction of sp³-hybridized carbons (Fsp3) is 0.467. The summed E-state index contributed by atoms with van der Waals surface area (Å²) in [4.78, 5) is 26.8. The molecule has 176 valence electrons. The quantitative estimate of drug-likeness (QED) is 0.304. The molecule has 2 aromatic carbocycles. The Balaban J connectivity index is 1.87. The van der Waals surface area contributed by atoms with E-state index in [-0.39, 0.29) is 22.4 Å². The van der Waals surface area contributed by atoms with Crippen LogP contribution in [0.1, 0.15) is 122 Å². The lowest BCUT2D eigenvalue weighted by atomic mass is 9.74. The normalized spacial score (nSPS) is 13.1. The van der Waals surface area contributed by atoms with Crippen molar-refractivity contribution in [2.75, 3.05) is 0 Å². The maximum absolute atomic E-state index is 13.4. The highest BCUT2D eigenvalue weighted by Gasteiger charge is 2.33. The third-order valence-corrected chi connectivity index (χ3v) is 7.26. The van der Waals surface area contributed by atoms with Gasteiger partial charge in [-0.1, -0.05) is 52.7 Å². The second-order valence-corrected chi connectivity index (χ2v) is 10.7. The van der Waals surface area contributed by atoms with Gasteiger partial charge in [0, 0.05) is 35.1 Å². The fourth-order valence-corrected chi connectivity index (χ4v) is 4.82. The predicted octanol–water partition coefficient (Wildman–Crippen LogP) is 7.19. The van der Waals surface area contributed by atoms with Crippen LogP contribution in [0.3, 0.4) is 0 Å². The first-order valence-corrected chi connectivity index (χ1v) is 12.2. The van der Waals surface area contributed by atoms with Gasteiger partial charge in [0.1, 0.15) is 0 Å². The number of hydrogen-bond donors (Lipinski definition) is 0. The molecule has 0 amide bonds. The Labute approximate surface area is 203 Å². The lowest BCUT2D eigenvalue weighted by Crippen LogP contribution is -2.25. The molecule has 0 unspecified atom stereocenters. The Morgan fingerprint density at radius 1 is 0.618 bits per heavy atom. The molecule has 0 N–H and O–H groups in total. The van der Waals surface area contributed by atoms with Gasteiger partial charge in [0.15, 0.2) is 11.6 Å². The minimum atomic E-state index is -0.145. The van der Waals surface area contributed by atoms with Gasteiger partial charge >= 0.3 is 0 Å². The summed E-state index contributed by atoms with van der Waals surface area (Å²) >= 11 is 0. The van der Waals surface area contributed by atoms with Gasteiger partial charge in [0.25, 0.3) is 0 Å². The number of unbranched alkanes of at least 4 members (excludes halogenated alkanes) is 4. The Bertz CT molecular complexity index is 1080. The highest BCUT2D eigenvalue weighted by Crippen LogP contribution is 2.37. The molecule has 0 saturated carbocycles. The molecule has 0 heterocycles. The van der Waals surface area contributed by atoms with Crippen molar-refractivity contribution in [2.45, 2.75) is 89.9 Å². The van der Waals surface area contributed by atoms with Crippen molar-refractivity contribution in [3.05, 3.63) is 69.8 Å². The summed E-state index contributed by atoms with van der Waals surface area (Å²) in [6, 6.07) is 15.7. The molecule has 0 fully saturated rings. The van der Waals surface area contributed by atoms with E-state index in [0.29, 0.717) is 35.1 Å². The van der Waals surface area contributed by atoms with Crippen LogP contribution in [0.5, 0.6) is 0 Å². The summed E-state index contributed by atoms with van der Waals surface area (Å²) in [5.74, 6) is -0.185. The van der Waals surface area contributed by atoms with Gasteiger partial charge in [-0.05, 0) is 71.9 Å². The van der Waals surface area contributed by atoms with E-state index in [0.717, 1.165) is 49.7 Å². The van der Waals surface area contributed by atoms with Crippen molar-refractivity contribution < 1.29 is 9.59 Å². The summed E-state index contributed by atoms with van der Waals surface area (Å²) < 4.78 is 0. The zero-order chi connectivity index (χ0) is 24.9. The van der Waals surface area contributed by atoms with Crippen molar-refractivity contribution >= 4 is 11.6 Å². The van der Waals surface area contributed by atoms with Gasteiger partial charge < -0.3 is 0 Å². The molecular weight excluding hydrogens is 420 g/mol. The Morgan fingerprint density at radius 2 is 1.00 bits per heavy atom. The summed E-state index contributed by atoms with van der Waals surface area (Å²) in [6.07, 6.45) is 6.58. The smallest absolute Gasteiger partial charge is 0.194 e. The van der Waals surface area contributed by atoms with E-state index in [1.807, 2.05) is 36.4 Å². The topological polar surface area (TPSA) is 81.7 Å². The lowest BCUT2D eigenvalue weighted by Gasteiger charge is -2.29. The fourth-order valence-electron chi connectivity index (χ4n) is 4.82. The van der Waals surface area contributed by atoms with E-state index in [2.05, 4.69) is 39.8 Å². The number of fused-ring (bicyclic) bond motifs is 2. The van der Waals surface area contributed by atoms with Gasteiger partial charge in [0.05, 0.1) is 12.1 Å². The van der Waals surface area contributed by atoms with Gasteiger partial charge in [-0.3, -0.25) is 9.59 Å². The molecule has 0 aromatic heterocycles. The summed E-state index contributed by atoms with van der Waals surface area (Å²) in [7, 11) is 0. The molecule has 4 heteroatoms. The number of rotatable bonds is 10. The maximum atomic E-state index is 13.4. The van der Waals surface area contributed by atoms with Crippen LogP contribution in [0.15, 0.2) is 36.4 Å². The van der Waals surface area contributed by atoms with Gasteiger partial charge in [-0.25, -0.2) is 0 Å². The van der Waals surface area contributed by atoms with Crippen molar-refractivity contribution in [1.29, 1.82) is 10.5 Å². The van der Waals surface area contributed by atoms with Gasteiger partial charge in [0.2, 0.25) is 0 Å². The third-order valence-electron chi connectivity index (χ3n) is 7.26. The van der Waals surface area contributed by atoms with Crippen LogP contribution >= 0.6 is 0 Å². The Hall–Kier alpha value is -3.24. The Morgan fingerprint density at radius 3 is 1.35 bits per heavy atom. The molecular formula is C30H34N2O2. The molecule has 34 heavy (non-hydrogen) atoms. The highest BCUT2D eigenvalue weighted by molar-refractivity contribution is 6.28. The number of carbonyl (C=O) groups excluding carboxylic acids is 2. The van der Waals surface area contributed by atoms with Crippen LogP contribution in [0.2, 0.25) is 0 Å². The van der Waals surface area contributed by atoms with Crippen LogP contribution in [0, 0.1) is 22.7 Å². The molecule has 0 atom stereocenters. The van der Waals surface area contributed by atoms with Gasteiger partial charge in [-0.2, -0.15) is 10.5 Å². The van der Waals surface area contributed by atoms with E-state index in [1.165, 1.54) is 0 Å². The monoisotopic (exact) mass is 454 g/mol. The number of benzene rings is 2. The van der Waals surface area contributed by atoms with E-state index in [9.17, 15) is 9.59 Å². The Kier molecular flexibility index (Phi) is 7.73. The van der Waals surface area contributed by atoms with Crippen LogP contribution in [-0.2, 0) is 10.8 Å². The minimum absolute atomic E-state index is 0.0925. The predicted molar refractivity (Wildman–Crippen MR) is 134 cm³/mol. The average molecular weight is 455 g/mol. The maximum Gasteiger partial charge on any atom is 0.194 e. The van der Waals surface area contributed by atoms with E-state index < -0.39 is 0 Å². The number of carbonyl (C=O) groups is 2. The molecule has 3 rings (SSSR count). The molecule has 1 aliphatic carbocycles. The largest absolute Gasteiger partial charge is 0.289 e. The number of nitrogens with zero attached hydrogens (tertiary/aromatic N) is 2. The zero-order valence-electron chi connectivity index (χ0n) is 20.8. The molecule has 0 spiro atoms. The van der Waals surface area contributed by atoms with Crippen molar-refractivity contribution in [3.8, 4) is 12.1 Å². The number of ketones is 2. The zero-order valence-corrected chi connectivity index (χ0v) is 20.8. The summed E-state index contributed by atoms with van der Waals surface area (Å²) in [6.45, 7) is 8.59. The molecule has 0 aliphatic heterocycles. The second-order valence-electron chi connectivity index (χ2n) is 10.7. The van der Waals surface area contributed by atoms with E-state index in [1.54, 1.807) is 0 Å². The van der Waals surface area contributed by atoms with Crippen LogP contribution in [-0.4, -0.2) is 11.6 Å². The van der Waals surface area contributed by atoms with Crippen molar-refractivity contribution in [3.63, 3.8) is 0 Å². The van der Waals surface area contributed by atoms with Crippen LogP contribution in [0.25, 0.3) is 0 Å². The summed E-state index contributed by atoms with van der Waals surface area (Å²) in [5.41, 5.74) is 3.73. The average Bonchev–Trinajstić information content (AvgIpc) is 2.82. The highest BCUT2D eigenvalue weighted by atomic mass is 16.1. The lowest BCUT2D eigenvalue weighted by molar-refractivity contribution is 0.0978. The van der Waals surface area contributed by atoms with E-state index >= 15 is 0 Å². The molecule has 2 aromatic rings. The first-order valence-electron chi connectivity index (χ1n) is 12.2. The van der Waals surface area contributed by atoms with E-state index in [4.69, 9.17) is 10.5 Å².